The molecule has 4 aromatic rings. The second-order valence-electron chi connectivity index (χ2n) is 4.90. The van der Waals surface area contributed by atoms with Crippen LogP contribution in [0.4, 0.5) is 0 Å². The first-order valence-electron chi connectivity index (χ1n) is 6.48. The Kier molecular flexibility index (Phi) is 2.95. The molecule has 0 aliphatic carbocycles. The van der Waals surface area contributed by atoms with Crippen molar-refractivity contribution in [3.8, 4) is 0 Å². The van der Waals surface area contributed by atoms with E-state index in [1.165, 1.54) is 0 Å². The summed E-state index contributed by atoms with van der Waals surface area (Å²) in [5, 5.41) is 1.46. The number of halogens is 2. The van der Waals surface area contributed by atoms with Crippen molar-refractivity contribution in [1.29, 1.82) is 0 Å². The lowest BCUT2D eigenvalue weighted by atomic mass is 10.2. The normalized spacial score (nSPS) is 11.5. The molecule has 4 rings (SSSR count). The van der Waals surface area contributed by atoms with Crippen molar-refractivity contribution in [2.75, 3.05) is 0 Å². The molecule has 0 amide bonds. The molecule has 0 aliphatic heterocycles. The molecule has 0 aliphatic rings. The third-order valence-electron chi connectivity index (χ3n) is 3.50. The lowest BCUT2D eigenvalue weighted by Crippen LogP contribution is -2.17. The van der Waals surface area contributed by atoms with Gasteiger partial charge in [-0.25, -0.2) is 14.8 Å². The van der Waals surface area contributed by atoms with Gasteiger partial charge in [-0.1, -0.05) is 23.2 Å². The molecule has 6 nitrogen and oxygen atoms in total. The standard InChI is InChI=1S/C14H9Cl2N5O/c15-10-3-7(4-11(16)19-10)6-21-9-5-18-13-8(1-2-17-13)12(9)20-14(21)22/h1-5H,6H2,(H,17,18)(H,20,22). The average molecular weight is 334 g/mol. The zero-order chi connectivity index (χ0) is 15.3. The van der Waals surface area contributed by atoms with Crippen LogP contribution in [0.25, 0.3) is 22.1 Å². The molecule has 2 N–H and O–H groups in total. The summed E-state index contributed by atoms with van der Waals surface area (Å²) in [6.07, 6.45) is 3.45. The minimum absolute atomic E-state index is 0.213. The molecule has 0 spiro atoms. The summed E-state index contributed by atoms with van der Waals surface area (Å²) in [7, 11) is 0. The highest BCUT2D eigenvalue weighted by Crippen LogP contribution is 2.21. The molecule has 4 aromatic heterocycles. The van der Waals surface area contributed by atoms with Gasteiger partial charge < -0.3 is 9.97 Å². The van der Waals surface area contributed by atoms with Gasteiger partial charge in [-0.2, -0.15) is 0 Å². The highest BCUT2D eigenvalue weighted by Gasteiger charge is 2.12. The van der Waals surface area contributed by atoms with Crippen molar-refractivity contribution in [2.45, 2.75) is 6.54 Å². The van der Waals surface area contributed by atoms with E-state index in [0.717, 1.165) is 27.6 Å². The number of fused-ring (bicyclic) bond motifs is 3. The van der Waals surface area contributed by atoms with E-state index in [2.05, 4.69) is 19.9 Å². The zero-order valence-electron chi connectivity index (χ0n) is 11.1. The maximum atomic E-state index is 12.3. The van der Waals surface area contributed by atoms with Crippen molar-refractivity contribution >= 4 is 45.3 Å². The third kappa shape index (κ3) is 2.08. The quantitative estimate of drug-likeness (QED) is 0.553. The number of imidazole rings is 1. The fourth-order valence-electron chi connectivity index (χ4n) is 2.56. The van der Waals surface area contributed by atoms with E-state index in [-0.39, 0.29) is 5.69 Å². The zero-order valence-corrected chi connectivity index (χ0v) is 12.6. The molecule has 0 radical (unpaired) electrons. The van der Waals surface area contributed by atoms with E-state index in [1.54, 1.807) is 29.1 Å². The van der Waals surface area contributed by atoms with E-state index in [1.807, 2.05) is 6.07 Å². The maximum absolute atomic E-state index is 12.3. The van der Waals surface area contributed by atoms with Crippen LogP contribution in [0, 0.1) is 0 Å². The second kappa shape index (κ2) is 4.86. The van der Waals surface area contributed by atoms with Crippen LogP contribution in [-0.4, -0.2) is 24.5 Å². The Morgan fingerprint density at radius 3 is 2.77 bits per heavy atom. The van der Waals surface area contributed by atoms with Crippen molar-refractivity contribution in [2.24, 2.45) is 0 Å². The highest BCUT2D eigenvalue weighted by atomic mass is 35.5. The van der Waals surface area contributed by atoms with E-state index in [4.69, 9.17) is 23.2 Å². The van der Waals surface area contributed by atoms with Gasteiger partial charge >= 0.3 is 5.69 Å². The number of rotatable bonds is 2. The van der Waals surface area contributed by atoms with Crippen LogP contribution >= 0.6 is 23.2 Å². The van der Waals surface area contributed by atoms with Crippen LogP contribution in [0.15, 0.2) is 35.4 Å². The number of nitrogens with zero attached hydrogens (tertiary/aromatic N) is 3. The van der Waals surface area contributed by atoms with Crippen molar-refractivity contribution in [3.05, 3.63) is 56.9 Å². The molecular formula is C14H9Cl2N5O. The van der Waals surface area contributed by atoms with Gasteiger partial charge in [-0.05, 0) is 23.8 Å². The first-order valence-corrected chi connectivity index (χ1v) is 7.24. The van der Waals surface area contributed by atoms with Gasteiger partial charge in [0, 0.05) is 11.6 Å². The van der Waals surface area contributed by atoms with E-state index >= 15 is 0 Å². The molecule has 8 heteroatoms. The summed E-state index contributed by atoms with van der Waals surface area (Å²) in [5.41, 5.74) is 2.79. The Labute approximate surface area is 133 Å². The Hall–Kier alpha value is -2.31. The third-order valence-corrected chi connectivity index (χ3v) is 3.89. The maximum Gasteiger partial charge on any atom is 0.326 e. The predicted molar refractivity (Wildman–Crippen MR) is 85.6 cm³/mol. The molecule has 0 unspecified atom stereocenters. The van der Waals surface area contributed by atoms with Gasteiger partial charge in [0.15, 0.2) is 0 Å². The molecule has 22 heavy (non-hydrogen) atoms. The number of pyridine rings is 2. The van der Waals surface area contributed by atoms with Gasteiger partial charge in [0.05, 0.1) is 23.8 Å². The molecule has 0 fully saturated rings. The van der Waals surface area contributed by atoms with Gasteiger partial charge in [0.1, 0.15) is 16.0 Å². The molecular weight excluding hydrogens is 325 g/mol. The van der Waals surface area contributed by atoms with Crippen molar-refractivity contribution in [1.82, 2.24) is 24.5 Å². The van der Waals surface area contributed by atoms with E-state index in [9.17, 15) is 4.79 Å². The monoisotopic (exact) mass is 333 g/mol. The Morgan fingerprint density at radius 2 is 2.00 bits per heavy atom. The first kappa shape index (κ1) is 13.4. The van der Waals surface area contributed by atoms with Crippen LogP contribution in [-0.2, 0) is 6.54 Å². The first-order chi connectivity index (χ1) is 10.6. The van der Waals surface area contributed by atoms with Gasteiger partial charge in [-0.15, -0.1) is 0 Å². The van der Waals surface area contributed by atoms with Crippen LogP contribution in [0.1, 0.15) is 5.56 Å². The van der Waals surface area contributed by atoms with Crippen LogP contribution in [0.5, 0.6) is 0 Å². The number of hydrogen-bond donors (Lipinski definition) is 2. The summed E-state index contributed by atoms with van der Waals surface area (Å²) in [6, 6.07) is 5.24. The Bertz CT molecular complexity index is 1040. The largest absolute Gasteiger partial charge is 0.346 e. The van der Waals surface area contributed by atoms with E-state index in [0.29, 0.717) is 16.9 Å². The Morgan fingerprint density at radius 1 is 1.23 bits per heavy atom. The lowest BCUT2D eigenvalue weighted by molar-refractivity contribution is 0.784. The minimum atomic E-state index is -0.213. The van der Waals surface area contributed by atoms with E-state index < -0.39 is 0 Å². The number of H-pyrrole nitrogens is 2. The average Bonchev–Trinajstić information content (AvgIpc) is 3.03. The van der Waals surface area contributed by atoms with Crippen LogP contribution < -0.4 is 5.69 Å². The second-order valence-corrected chi connectivity index (χ2v) is 5.67. The van der Waals surface area contributed by atoms with Gasteiger partial charge in [-0.3, -0.25) is 4.57 Å². The summed E-state index contributed by atoms with van der Waals surface area (Å²) in [4.78, 5) is 26.4. The SMILES string of the molecule is O=c1[nH]c2c3cc[nH]c3ncc2n1Cc1cc(Cl)nc(Cl)c1. The number of aromatic amines is 2. The number of hydrogen-bond acceptors (Lipinski definition) is 3. The molecule has 0 saturated heterocycles. The van der Waals surface area contributed by atoms with Crippen molar-refractivity contribution < 1.29 is 0 Å². The predicted octanol–water partition coefficient (Wildman–Crippen LogP) is 2.96. The highest BCUT2D eigenvalue weighted by molar-refractivity contribution is 6.32. The lowest BCUT2D eigenvalue weighted by Gasteiger charge is -2.04. The molecule has 110 valence electrons. The topological polar surface area (TPSA) is 79.4 Å². The van der Waals surface area contributed by atoms with Crippen molar-refractivity contribution in [3.63, 3.8) is 0 Å². The summed E-state index contributed by atoms with van der Waals surface area (Å²) in [5.74, 6) is 0. The summed E-state index contributed by atoms with van der Waals surface area (Å²) in [6.45, 7) is 0.332. The smallest absolute Gasteiger partial charge is 0.326 e. The molecule has 0 saturated carbocycles. The van der Waals surface area contributed by atoms with Crippen LogP contribution in [0.3, 0.4) is 0 Å². The minimum Gasteiger partial charge on any atom is -0.346 e. The molecule has 0 atom stereocenters. The summed E-state index contributed by atoms with van der Waals surface area (Å²) >= 11 is 11.8. The fraction of sp³-hybridized carbons (Fsp3) is 0.0714. The summed E-state index contributed by atoms with van der Waals surface area (Å²) < 4.78 is 1.59. The number of aromatic nitrogens is 5. The van der Waals surface area contributed by atoms with Gasteiger partial charge in [0.25, 0.3) is 0 Å². The Balaban J connectivity index is 1.91. The number of nitrogens with one attached hydrogen (secondary N) is 2. The van der Waals surface area contributed by atoms with Gasteiger partial charge in [0.2, 0.25) is 0 Å². The molecule has 4 heterocycles. The molecule has 0 bridgehead atoms. The van der Waals surface area contributed by atoms with Crippen LogP contribution in [0.2, 0.25) is 10.3 Å². The fourth-order valence-corrected chi connectivity index (χ4v) is 3.07. The molecule has 0 aromatic carbocycles.